The van der Waals surface area contributed by atoms with Crippen molar-refractivity contribution in [1.29, 1.82) is 0 Å². The Kier molecular flexibility index (Phi) is 7.34. The van der Waals surface area contributed by atoms with Gasteiger partial charge in [-0.15, -0.1) is 0 Å². The number of rotatable bonds is 7. The predicted molar refractivity (Wildman–Crippen MR) is 86.6 cm³/mol. The average molecular weight is 312 g/mol. The zero-order chi connectivity index (χ0) is 16.6. The summed E-state index contributed by atoms with van der Waals surface area (Å²) < 4.78 is 10.7. The molecule has 1 N–H and O–H groups in total. The van der Waals surface area contributed by atoms with Crippen molar-refractivity contribution in [1.82, 2.24) is 15.2 Å². The molecule has 1 aliphatic rings. The summed E-state index contributed by atoms with van der Waals surface area (Å²) in [5, 5.41) is 3.56. The van der Waals surface area contributed by atoms with Gasteiger partial charge in [-0.1, -0.05) is 6.58 Å². The van der Waals surface area contributed by atoms with Crippen LogP contribution in [0.25, 0.3) is 0 Å². The van der Waals surface area contributed by atoms with Crippen molar-refractivity contribution in [2.24, 2.45) is 5.10 Å². The Labute approximate surface area is 132 Å². The van der Waals surface area contributed by atoms with Crippen molar-refractivity contribution in [3.63, 3.8) is 0 Å². The number of morpholine rings is 1. The van der Waals surface area contributed by atoms with Gasteiger partial charge in [0.15, 0.2) is 0 Å². The summed E-state index contributed by atoms with van der Waals surface area (Å²) in [6, 6.07) is 0. The van der Waals surface area contributed by atoms with Gasteiger partial charge in [-0.05, 0) is 27.2 Å². The van der Waals surface area contributed by atoms with Gasteiger partial charge >= 0.3 is 6.09 Å². The van der Waals surface area contributed by atoms with E-state index >= 15 is 0 Å². The third-order valence-corrected chi connectivity index (χ3v) is 3.11. The maximum atomic E-state index is 12.3. The first-order valence-electron chi connectivity index (χ1n) is 7.55. The molecule has 22 heavy (non-hydrogen) atoms. The summed E-state index contributed by atoms with van der Waals surface area (Å²) in [5.41, 5.74) is 2.06. The highest BCUT2D eigenvalue weighted by atomic mass is 16.6. The van der Waals surface area contributed by atoms with Crippen LogP contribution in [0.15, 0.2) is 17.5 Å². The molecular weight excluding hydrogens is 284 g/mol. The lowest BCUT2D eigenvalue weighted by atomic mass is 10.2. The number of hydrogen-bond donors (Lipinski definition) is 1. The van der Waals surface area contributed by atoms with Crippen LogP contribution >= 0.6 is 0 Å². The average Bonchev–Trinajstić information content (AvgIpc) is 2.43. The molecule has 0 aliphatic carbocycles. The van der Waals surface area contributed by atoms with E-state index in [2.05, 4.69) is 28.7 Å². The fourth-order valence-corrected chi connectivity index (χ4v) is 2.08. The van der Waals surface area contributed by atoms with Crippen LogP contribution in [0.2, 0.25) is 0 Å². The van der Waals surface area contributed by atoms with Gasteiger partial charge < -0.3 is 9.47 Å². The van der Waals surface area contributed by atoms with Crippen molar-refractivity contribution in [2.45, 2.75) is 32.8 Å². The molecule has 1 saturated heterocycles. The Morgan fingerprint density at radius 3 is 2.59 bits per heavy atom. The van der Waals surface area contributed by atoms with Crippen LogP contribution in [0.5, 0.6) is 0 Å². The minimum absolute atomic E-state index is 0.367. The Morgan fingerprint density at radius 1 is 1.41 bits per heavy atom. The smallest absolute Gasteiger partial charge is 0.415 e. The molecule has 0 aromatic carbocycles. The normalized spacial score (nSPS) is 16.0. The first-order valence-corrected chi connectivity index (χ1v) is 7.55. The van der Waals surface area contributed by atoms with Gasteiger partial charge in [0.2, 0.25) is 0 Å². The van der Waals surface area contributed by atoms with Crippen molar-refractivity contribution >= 4 is 12.8 Å². The first-order chi connectivity index (χ1) is 10.3. The molecule has 7 nitrogen and oxygen atoms in total. The predicted octanol–water partition coefficient (Wildman–Crippen LogP) is 1.62. The number of hydrazone groups is 1. The SMILES string of the molecule is C=NNC(=C)N(CCCN1CCOCC1)C(=O)OC(C)(C)C. The van der Waals surface area contributed by atoms with Crippen LogP contribution in [0, 0.1) is 0 Å². The van der Waals surface area contributed by atoms with Crippen LogP contribution in [-0.2, 0) is 9.47 Å². The molecule has 0 aromatic rings. The fraction of sp³-hybridized carbons (Fsp3) is 0.733. The van der Waals surface area contributed by atoms with Crippen molar-refractivity contribution in [2.75, 3.05) is 39.4 Å². The lowest BCUT2D eigenvalue weighted by Gasteiger charge is -2.30. The van der Waals surface area contributed by atoms with Gasteiger partial charge in [-0.3, -0.25) is 15.2 Å². The third kappa shape index (κ3) is 6.91. The maximum Gasteiger partial charge on any atom is 0.415 e. The number of carbonyl (C=O) groups is 1. The van der Waals surface area contributed by atoms with E-state index in [0.717, 1.165) is 39.3 Å². The Morgan fingerprint density at radius 2 is 2.05 bits per heavy atom. The van der Waals surface area contributed by atoms with Gasteiger partial charge in [0.25, 0.3) is 0 Å². The molecule has 1 aliphatic heterocycles. The van der Waals surface area contributed by atoms with E-state index in [-0.39, 0.29) is 0 Å². The largest absolute Gasteiger partial charge is 0.443 e. The molecule has 0 bridgehead atoms. The lowest BCUT2D eigenvalue weighted by Crippen LogP contribution is -2.41. The molecule has 7 heteroatoms. The van der Waals surface area contributed by atoms with Crippen LogP contribution in [-0.4, -0.2) is 67.6 Å². The second-order valence-corrected chi connectivity index (χ2v) is 6.16. The molecule has 0 spiro atoms. The minimum Gasteiger partial charge on any atom is -0.443 e. The zero-order valence-electron chi connectivity index (χ0n) is 13.9. The molecule has 0 radical (unpaired) electrons. The molecule has 1 heterocycles. The second-order valence-electron chi connectivity index (χ2n) is 6.16. The standard InChI is InChI=1S/C15H28N4O3/c1-13(17-16-5)19(14(20)22-15(2,3)4)8-6-7-18-9-11-21-12-10-18/h17H,1,5-12H2,2-4H3. The molecular formula is C15H28N4O3. The molecule has 1 amide bonds. The summed E-state index contributed by atoms with van der Waals surface area (Å²) in [4.78, 5) is 16.0. The molecule has 0 aromatic heterocycles. The zero-order valence-corrected chi connectivity index (χ0v) is 13.9. The second kappa shape index (κ2) is 8.75. The molecule has 0 unspecified atom stereocenters. The highest BCUT2D eigenvalue weighted by Gasteiger charge is 2.24. The number of nitrogens with zero attached hydrogens (tertiary/aromatic N) is 3. The monoisotopic (exact) mass is 312 g/mol. The van der Waals surface area contributed by atoms with Crippen molar-refractivity contribution < 1.29 is 14.3 Å². The van der Waals surface area contributed by atoms with Gasteiger partial charge in [0, 0.05) is 32.9 Å². The van der Waals surface area contributed by atoms with Crippen LogP contribution < -0.4 is 5.43 Å². The van der Waals surface area contributed by atoms with E-state index in [9.17, 15) is 4.79 Å². The lowest BCUT2D eigenvalue weighted by molar-refractivity contribution is 0.0252. The number of amides is 1. The van der Waals surface area contributed by atoms with E-state index in [0.29, 0.717) is 12.4 Å². The minimum atomic E-state index is -0.554. The van der Waals surface area contributed by atoms with Gasteiger partial charge in [0.1, 0.15) is 11.4 Å². The van der Waals surface area contributed by atoms with Crippen molar-refractivity contribution in [3.05, 3.63) is 12.4 Å². The van der Waals surface area contributed by atoms with Crippen LogP contribution in [0.1, 0.15) is 27.2 Å². The Balaban J connectivity index is 2.51. The van der Waals surface area contributed by atoms with E-state index in [1.54, 1.807) is 0 Å². The van der Waals surface area contributed by atoms with Gasteiger partial charge in [0.05, 0.1) is 13.2 Å². The summed E-state index contributed by atoms with van der Waals surface area (Å²) in [5.74, 6) is 0.367. The number of hydrogen-bond acceptors (Lipinski definition) is 6. The summed E-state index contributed by atoms with van der Waals surface area (Å²) in [7, 11) is 0. The highest BCUT2D eigenvalue weighted by molar-refractivity contribution is 5.70. The van der Waals surface area contributed by atoms with Crippen molar-refractivity contribution in [3.8, 4) is 0 Å². The number of carbonyl (C=O) groups excluding carboxylic acids is 1. The molecule has 0 saturated carbocycles. The molecule has 1 rings (SSSR count). The topological polar surface area (TPSA) is 66.4 Å². The van der Waals surface area contributed by atoms with Crippen LogP contribution in [0.3, 0.4) is 0 Å². The van der Waals surface area contributed by atoms with Gasteiger partial charge in [-0.2, -0.15) is 5.10 Å². The summed E-state index contributed by atoms with van der Waals surface area (Å²) in [6.07, 6.45) is 0.382. The van der Waals surface area contributed by atoms with E-state index in [4.69, 9.17) is 9.47 Å². The summed E-state index contributed by atoms with van der Waals surface area (Å²) in [6.45, 7) is 17.5. The van der Waals surface area contributed by atoms with E-state index in [1.165, 1.54) is 4.90 Å². The summed E-state index contributed by atoms with van der Waals surface area (Å²) >= 11 is 0. The Bertz CT molecular complexity index is 387. The Hall–Kier alpha value is -1.60. The quantitative estimate of drug-likeness (QED) is 0.571. The van der Waals surface area contributed by atoms with E-state index in [1.807, 2.05) is 20.8 Å². The highest BCUT2D eigenvalue weighted by Crippen LogP contribution is 2.13. The number of nitrogens with one attached hydrogen (secondary N) is 1. The first kappa shape index (κ1) is 18.4. The fourth-order valence-electron chi connectivity index (χ4n) is 2.08. The molecule has 126 valence electrons. The van der Waals surface area contributed by atoms with E-state index < -0.39 is 11.7 Å². The third-order valence-electron chi connectivity index (χ3n) is 3.11. The maximum absolute atomic E-state index is 12.3. The molecule has 0 atom stereocenters. The van der Waals surface area contributed by atoms with Crippen LogP contribution in [0.4, 0.5) is 4.79 Å². The molecule has 1 fully saturated rings. The van der Waals surface area contributed by atoms with Gasteiger partial charge in [-0.25, -0.2) is 4.79 Å². The number of ether oxygens (including phenoxy) is 2.